The van der Waals surface area contributed by atoms with E-state index in [-0.39, 0.29) is 5.41 Å². The van der Waals surface area contributed by atoms with E-state index in [4.69, 9.17) is 4.74 Å². The van der Waals surface area contributed by atoms with E-state index in [0.717, 1.165) is 37.7 Å². The Kier molecular flexibility index (Phi) is 8.52. The summed E-state index contributed by atoms with van der Waals surface area (Å²) in [6.45, 7) is 8.78. The molecule has 1 unspecified atom stereocenters. The van der Waals surface area contributed by atoms with Gasteiger partial charge in [-0.05, 0) is 12.5 Å². The van der Waals surface area contributed by atoms with Crippen LogP contribution in [0.5, 0.6) is 0 Å². The largest absolute Gasteiger partial charge is 0.616 e. The van der Waals surface area contributed by atoms with Gasteiger partial charge in [-0.2, -0.15) is 0 Å². The molecule has 0 aliphatic heterocycles. The summed E-state index contributed by atoms with van der Waals surface area (Å²) in [5, 5.41) is 3.00. The van der Waals surface area contributed by atoms with E-state index in [2.05, 4.69) is 26.1 Å². The minimum atomic E-state index is -0.687. The molecule has 0 aromatic heterocycles. The van der Waals surface area contributed by atoms with Crippen LogP contribution in [-0.2, 0) is 15.9 Å². The molecular formula is C11H25NO2S. The van der Waals surface area contributed by atoms with Crippen molar-refractivity contribution >= 4 is 11.2 Å². The molecule has 0 fully saturated rings. The first-order chi connectivity index (χ1) is 6.95. The molecule has 0 rings (SSSR count). The van der Waals surface area contributed by atoms with Crippen LogP contribution in [-0.4, -0.2) is 42.9 Å². The Morgan fingerprint density at radius 2 is 1.93 bits per heavy atom. The van der Waals surface area contributed by atoms with Gasteiger partial charge in [0.05, 0.1) is 13.2 Å². The van der Waals surface area contributed by atoms with Crippen LogP contribution in [0.25, 0.3) is 0 Å². The quantitative estimate of drug-likeness (QED) is 0.511. The topological polar surface area (TPSA) is 44.3 Å². The summed E-state index contributed by atoms with van der Waals surface area (Å²) in [6.07, 6.45) is 0.895. The van der Waals surface area contributed by atoms with E-state index in [1.165, 1.54) is 0 Å². The second kappa shape index (κ2) is 8.39. The molecule has 3 nitrogen and oxygen atoms in total. The molecule has 0 aliphatic rings. The monoisotopic (exact) mass is 235 g/mol. The summed E-state index contributed by atoms with van der Waals surface area (Å²) < 4.78 is 16.9. The van der Waals surface area contributed by atoms with Crippen molar-refractivity contribution in [3.63, 3.8) is 0 Å². The van der Waals surface area contributed by atoms with Gasteiger partial charge in [-0.3, -0.25) is 0 Å². The standard InChI is InChI=1S/C11H25NO2S/c1-11(2,3)10-14-7-5-8-15(13)9-6-12-4/h12H,5-10H2,1-4H3. The highest BCUT2D eigenvalue weighted by atomic mass is 32.2. The maximum absolute atomic E-state index is 11.4. The molecule has 92 valence electrons. The third-order valence-corrected chi connectivity index (χ3v) is 3.18. The molecule has 0 saturated carbocycles. The lowest BCUT2D eigenvalue weighted by molar-refractivity contribution is 0.0720. The highest BCUT2D eigenvalue weighted by molar-refractivity contribution is 7.91. The summed E-state index contributed by atoms with van der Waals surface area (Å²) in [4.78, 5) is 0. The predicted octanol–water partition coefficient (Wildman–Crippen LogP) is 1.41. The molecule has 0 saturated heterocycles. The van der Waals surface area contributed by atoms with Crippen molar-refractivity contribution in [2.24, 2.45) is 5.41 Å². The van der Waals surface area contributed by atoms with Crippen LogP contribution >= 0.6 is 0 Å². The molecule has 0 aliphatic carbocycles. The van der Waals surface area contributed by atoms with Gasteiger partial charge in [-0.1, -0.05) is 31.9 Å². The second-order valence-electron chi connectivity index (χ2n) is 4.92. The maximum Gasteiger partial charge on any atom is 0.117 e. The fourth-order valence-electron chi connectivity index (χ4n) is 1.02. The Balaban J connectivity index is 3.23. The predicted molar refractivity (Wildman–Crippen MR) is 66.7 cm³/mol. The van der Waals surface area contributed by atoms with Crippen molar-refractivity contribution in [3.8, 4) is 0 Å². The first-order valence-electron chi connectivity index (χ1n) is 5.53. The van der Waals surface area contributed by atoms with Crippen LogP contribution in [0.1, 0.15) is 27.2 Å². The summed E-state index contributed by atoms with van der Waals surface area (Å²) in [7, 11) is 1.88. The first kappa shape index (κ1) is 15.2. The lowest BCUT2D eigenvalue weighted by Gasteiger charge is -2.18. The maximum atomic E-state index is 11.4. The van der Waals surface area contributed by atoms with Gasteiger partial charge in [-0.15, -0.1) is 0 Å². The smallest absolute Gasteiger partial charge is 0.117 e. The Hall–Kier alpha value is 0.230. The van der Waals surface area contributed by atoms with Gasteiger partial charge in [0.15, 0.2) is 0 Å². The van der Waals surface area contributed by atoms with Gasteiger partial charge in [0.1, 0.15) is 11.5 Å². The number of ether oxygens (including phenoxy) is 1. The molecule has 4 heteroatoms. The molecule has 0 aromatic carbocycles. The molecule has 1 atom stereocenters. The van der Waals surface area contributed by atoms with Crippen LogP contribution in [0.15, 0.2) is 0 Å². The van der Waals surface area contributed by atoms with Gasteiger partial charge in [-0.25, -0.2) is 0 Å². The molecule has 15 heavy (non-hydrogen) atoms. The molecule has 0 bridgehead atoms. The van der Waals surface area contributed by atoms with E-state index >= 15 is 0 Å². The molecule has 0 heterocycles. The van der Waals surface area contributed by atoms with Crippen molar-refractivity contribution in [1.29, 1.82) is 0 Å². The zero-order chi connectivity index (χ0) is 11.7. The zero-order valence-electron chi connectivity index (χ0n) is 10.5. The average Bonchev–Trinajstić information content (AvgIpc) is 2.12. The lowest BCUT2D eigenvalue weighted by Crippen LogP contribution is -2.22. The highest BCUT2D eigenvalue weighted by Crippen LogP contribution is 2.12. The van der Waals surface area contributed by atoms with E-state index in [0.29, 0.717) is 0 Å². The van der Waals surface area contributed by atoms with E-state index < -0.39 is 11.2 Å². The summed E-state index contributed by atoms with van der Waals surface area (Å²) in [5.74, 6) is 1.50. The Morgan fingerprint density at radius 3 is 2.47 bits per heavy atom. The van der Waals surface area contributed by atoms with Gasteiger partial charge in [0.25, 0.3) is 0 Å². The van der Waals surface area contributed by atoms with Crippen molar-refractivity contribution in [1.82, 2.24) is 5.32 Å². The minimum Gasteiger partial charge on any atom is -0.616 e. The SMILES string of the molecule is CNCC[S+]([O-])CCCOCC(C)(C)C. The van der Waals surface area contributed by atoms with Gasteiger partial charge in [0.2, 0.25) is 0 Å². The van der Waals surface area contributed by atoms with Crippen LogP contribution in [0, 0.1) is 5.41 Å². The third-order valence-electron chi connectivity index (χ3n) is 1.78. The van der Waals surface area contributed by atoms with Crippen molar-refractivity contribution in [3.05, 3.63) is 0 Å². The van der Waals surface area contributed by atoms with Crippen LogP contribution in [0.2, 0.25) is 0 Å². The summed E-state index contributed by atoms with van der Waals surface area (Å²) >= 11 is -0.687. The fourth-order valence-corrected chi connectivity index (χ4v) is 2.09. The fraction of sp³-hybridized carbons (Fsp3) is 1.00. The van der Waals surface area contributed by atoms with E-state index in [1.807, 2.05) is 7.05 Å². The van der Waals surface area contributed by atoms with E-state index in [9.17, 15) is 4.55 Å². The number of hydrogen-bond donors (Lipinski definition) is 1. The Labute approximate surface area is 97.1 Å². The molecule has 0 radical (unpaired) electrons. The molecule has 0 aromatic rings. The van der Waals surface area contributed by atoms with Crippen molar-refractivity contribution in [2.45, 2.75) is 27.2 Å². The summed E-state index contributed by atoms with van der Waals surface area (Å²) in [5.41, 5.74) is 0.227. The van der Waals surface area contributed by atoms with E-state index in [1.54, 1.807) is 0 Å². The number of hydrogen-bond acceptors (Lipinski definition) is 3. The van der Waals surface area contributed by atoms with Crippen LogP contribution in [0.4, 0.5) is 0 Å². The zero-order valence-corrected chi connectivity index (χ0v) is 11.3. The normalized spacial score (nSPS) is 14.2. The van der Waals surface area contributed by atoms with Gasteiger partial charge in [0, 0.05) is 13.0 Å². The number of rotatable bonds is 8. The van der Waals surface area contributed by atoms with Gasteiger partial charge >= 0.3 is 0 Å². The highest BCUT2D eigenvalue weighted by Gasteiger charge is 2.10. The Morgan fingerprint density at radius 1 is 1.27 bits per heavy atom. The lowest BCUT2D eigenvalue weighted by atomic mass is 9.99. The van der Waals surface area contributed by atoms with Crippen molar-refractivity contribution < 1.29 is 9.29 Å². The molecular weight excluding hydrogens is 210 g/mol. The molecule has 0 amide bonds. The van der Waals surface area contributed by atoms with Gasteiger partial charge < -0.3 is 14.6 Å². The van der Waals surface area contributed by atoms with Crippen molar-refractivity contribution in [2.75, 3.05) is 38.3 Å². The minimum absolute atomic E-state index is 0.227. The second-order valence-corrected chi connectivity index (χ2v) is 6.61. The third kappa shape index (κ3) is 12.2. The van der Waals surface area contributed by atoms with Crippen LogP contribution < -0.4 is 5.32 Å². The first-order valence-corrected chi connectivity index (χ1v) is 7.02. The molecule has 0 spiro atoms. The molecule has 1 N–H and O–H groups in total. The summed E-state index contributed by atoms with van der Waals surface area (Å²) in [6, 6.07) is 0. The number of nitrogens with one attached hydrogen (secondary N) is 1. The van der Waals surface area contributed by atoms with Crippen LogP contribution in [0.3, 0.4) is 0 Å². The average molecular weight is 235 g/mol. The Bertz CT molecular complexity index is 148.